The van der Waals surface area contributed by atoms with Gasteiger partial charge in [0.2, 0.25) is 15.6 Å². The molecule has 2 saturated heterocycles. The minimum atomic E-state index is -4.20. The van der Waals surface area contributed by atoms with E-state index in [0.717, 1.165) is 18.4 Å². The molecule has 32 heavy (non-hydrogen) atoms. The molecule has 0 aliphatic carbocycles. The average Bonchev–Trinajstić information content (AvgIpc) is 3.14. The molecule has 9 nitrogen and oxygen atoms in total. The summed E-state index contributed by atoms with van der Waals surface area (Å²) in [5, 5.41) is 21.6. The topological polar surface area (TPSA) is 121 Å². The zero-order valence-electron chi connectivity index (χ0n) is 19.0. The molecule has 1 aromatic carbocycles. The van der Waals surface area contributed by atoms with Crippen LogP contribution >= 0.6 is 0 Å². The van der Waals surface area contributed by atoms with Gasteiger partial charge in [0.1, 0.15) is 24.9 Å². The third-order valence-electron chi connectivity index (χ3n) is 5.51. The smallest absolute Gasteiger partial charge is 0.224 e. The quantitative estimate of drug-likeness (QED) is 0.460. The normalized spacial score (nSPS) is 30.4. The average molecular weight is 475 g/mol. The summed E-state index contributed by atoms with van der Waals surface area (Å²) in [5.41, 5.74) is -1.14. The minimum absolute atomic E-state index is 0.0693. The number of aliphatic hydroxyl groups excluding tert-OH is 2. The van der Waals surface area contributed by atoms with Crippen LogP contribution in [0.4, 0.5) is 0 Å². The fourth-order valence-corrected chi connectivity index (χ4v) is 5.25. The maximum atomic E-state index is 12.9. The number of rotatable bonds is 11. The molecule has 2 heterocycles. The van der Waals surface area contributed by atoms with Crippen molar-refractivity contribution in [1.82, 2.24) is 0 Å². The van der Waals surface area contributed by atoms with Crippen molar-refractivity contribution in [3.05, 3.63) is 29.8 Å². The van der Waals surface area contributed by atoms with Crippen molar-refractivity contribution >= 4 is 9.84 Å². The lowest BCUT2D eigenvalue weighted by Gasteiger charge is -2.29. The van der Waals surface area contributed by atoms with Crippen molar-refractivity contribution < 1.29 is 42.3 Å². The van der Waals surface area contributed by atoms with E-state index in [1.165, 1.54) is 12.1 Å². The zero-order valence-corrected chi connectivity index (χ0v) is 19.8. The number of aryl methyl sites for hydroxylation is 1. The summed E-state index contributed by atoms with van der Waals surface area (Å²) in [4.78, 5) is -0.0693. The van der Waals surface area contributed by atoms with Gasteiger partial charge in [-0.2, -0.15) is 0 Å². The molecule has 0 saturated carbocycles. The molecule has 0 radical (unpaired) electrons. The molecule has 2 fully saturated rings. The van der Waals surface area contributed by atoms with Gasteiger partial charge < -0.3 is 33.9 Å². The summed E-state index contributed by atoms with van der Waals surface area (Å²) < 4.78 is 54.6. The summed E-state index contributed by atoms with van der Waals surface area (Å²) in [6.45, 7) is 8.37. The number of benzene rings is 1. The van der Waals surface area contributed by atoms with Crippen LogP contribution in [0.2, 0.25) is 0 Å². The van der Waals surface area contributed by atoms with Gasteiger partial charge in [0.05, 0.1) is 18.1 Å². The van der Waals surface area contributed by atoms with Gasteiger partial charge in [-0.15, -0.1) is 0 Å². The lowest BCUT2D eigenvalue weighted by molar-refractivity contribution is -0.283. The molecule has 3 rings (SSSR count). The van der Waals surface area contributed by atoms with E-state index in [0.29, 0.717) is 13.2 Å². The van der Waals surface area contributed by atoms with Crippen LogP contribution in [0.3, 0.4) is 0 Å². The number of hydrogen-bond acceptors (Lipinski definition) is 9. The van der Waals surface area contributed by atoms with Gasteiger partial charge in [-0.05, 0) is 39.3 Å². The highest BCUT2D eigenvalue weighted by Gasteiger charge is 2.67. The van der Waals surface area contributed by atoms with E-state index in [9.17, 15) is 18.6 Å². The molecule has 2 aliphatic rings. The van der Waals surface area contributed by atoms with Crippen molar-refractivity contribution in [3.63, 3.8) is 0 Å². The molecule has 10 heteroatoms. The summed E-state index contributed by atoms with van der Waals surface area (Å²) in [7, 11) is -4.20. The molecule has 182 valence electrons. The van der Waals surface area contributed by atoms with Crippen LogP contribution in [0.15, 0.2) is 29.2 Å². The summed E-state index contributed by atoms with van der Waals surface area (Å²) in [5.74, 6) is -2.64. The second-order valence-corrected chi connectivity index (χ2v) is 10.7. The minimum Gasteiger partial charge on any atom is -0.387 e. The maximum Gasteiger partial charge on any atom is 0.224 e. The van der Waals surface area contributed by atoms with E-state index < -0.39 is 45.2 Å². The summed E-state index contributed by atoms with van der Waals surface area (Å²) in [6, 6.07) is 6.08. The fraction of sp³-hybridized carbons (Fsp3) is 0.727. The number of hydrogen-bond donors (Lipinski definition) is 2. The predicted octanol–water partition coefficient (Wildman–Crippen LogP) is 1.53. The third kappa shape index (κ3) is 5.34. The largest absolute Gasteiger partial charge is 0.387 e. The lowest BCUT2D eigenvalue weighted by atomic mass is 10.1. The van der Waals surface area contributed by atoms with Gasteiger partial charge in [-0.1, -0.05) is 31.0 Å². The van der Waals surface area contributed by atoms with Crippen LogP contribution in [-0.4, -0.2) is 80.4 Å². The summed E-state index contributed by atoms with van der Waals surface area (Å²) >= 11 is 0. The number of fused-ring (bicyclic) bond motifs is 1. The Morgan fingerprint density at radius 2 is 1.75 bits per heavy atom. The number of sulfone groups is 1. The molecule has 0 aromatic heterocycles. The Hall–Kier alpha value is -1.11. The molecular formula is C22H34O9S. The molecule has 0 amide bonds. The summed E-state index contributed by atoms with van der Waals surface area (Å²) in [6.07, 6.45) is -1.97. The Balaban J connectivity index is 1.71. The SMILES string of the molecule is CCCCOCCOC[C@@]12O[C@@H](C(O)S(=O)(=O)c3ccc(C)cc3)[C@@H](O)[C@@H]1OC(C)(C)O2. The standard InChI is InChI=1S/C22H34O9S/c1-5-6-11-27-12-13-28-14-22-19(30-21(3,4)31-22)17(23)18(29-22)20(24)32(25,26)16-9-7-15(2)8-10-16/h7-10,17-20,23-24H,5-6,11-14H2,1-4H3/t17-,18-,19+,20?,22+/m1/s1. The first-order valence-corrected chi connectivity index (χ1v) is 12.4. The van der Waals surface area contributed by atoms with Crippen LogP contribution in [-0.2, 0) is 33.5 Å². The Morgan fingerprint density at radius 3 is 2.41 bits per heavy atom. The van der Waals surface area contributed by atoms with Crippen LogP contribution in [0.25, 0.3) is 0 Å². The highest BCUT2D eigenvalue weighted by atomic mass is 32.2. The van der Waals surface area contributed by atoms with Crippen molar-refractivity contribution in [2.24, 2.45) is 0 Å². The Labute approximate surface area is 189 Å². The van der Waals surface area contributed by atoms with Gasteiger partial charge in [0.15, 0.2) is 11.2 Å². The fourth-order valence-electron chi connectivity index (χ4n) is 3.88. The third-order valence-corrected chi connectivity index (χ3v) is 7.34. The van der Waals surface area contributed by atoms with E-state index in [4.69, 9.17) is 23.7 Å². The Morgan fingerprint density at radius 1 is 1.09 bits per heavy atom. The van der Waals surface area contributed by atoms with Gasteiger partial charge in [0.25, 0.3) is 0 Å². The molecule has 2 aliphatic heterocycles. The first-order chi connectivity index (χ1) is 15.0. The lowest BCUT2D eigenvalue weighted by Crippen LogP contribution is -2.45. The van der Waals surface area contributed by atoms with Crippen LogP contribution < -0.4 is 0 Å². The van der Waals surface area contributed by atoms with E-state index in [2.05, 4.69) is 6.92 Å². The van der Waals surface area contributed by atoms with Gasteiger partial charge >= 0.3 is 0 Å². The van der Waals surface area contributed by atoms with Crippen molar-refractivity contribution in [2.45, 2.75) is 80.8 Å². The van der Waals surface area contributed by atoms with E-state index in [1.54, 1.807) is 26.0 Å². The second-order valence-electron chi connectivity index (χ2n) is 8.69. The van der Waals surface area contributed by atoms with E-state index in [1.807, 2.05) is 6.92 Å². The molecule has 0 spiro atoms. The monoisotopic (exact) mass is 474 g/mol. The first kappa shape index (κ1) is 25.5. The van der Waals surface area contributed by atoms with Crippen LogP contribution in [0.5, 0.6) is 0 Å². The highest BCUT2D eigenvalue weighted by molar-refractivity contribution is 7.92. The Bertz CT molecular complexity index is 855. The first-order valence-electron chi connectivity index (χ1n) is 10.9. The highest BCUT2D eigenvalue weighted by Crippen LogP contribution is 2.47. The molecule has 2 N–H and O–H groups in total. The van der Waals surface area contributed by atoms with E-state index >= 15 is 0 Å². The molecule has 0 bridgehead atoms. The van der Waals surface area contributed by atoms with Gasteiger partial charge in [0, 0.05) is 6.61 Å². The maximum absolute atomic E-state index is 12.9. The van der Waals surface area contributed by atoms with Crippen molar-refractivity contribution in [1.29, 1.82) is 0 Å². The van der Waals surface area contributed by atoms with Gasteiger partial charge in [-0.25, -0.2) is 8.42 Å². The number of unbranched alkanes of at least 4 members (excludes halogenated alkanes) is 1. The van der Waals surface area contributed by atoms with E-state index in [-0.39, 0.29) is 18.1 Å². The molecular weight excluding hydrogens is 440 g/mol. The van der Waals surface area contributed by atoms with Crippen LogP contribution in [0, 0.1) is 6.92 Å². The van der Waals surface area contributed by atoms with Gasteiger partial charge in [-0.3, -0.25) is 0 Å². The second kappa shape index (κ2) is 10.0. The van der Waals surface area contributed by atoms with Crippen molar-refractivity contribution in [2.75, 3.05) is 26.4 Å². The Kier molecular flexibility index (Phi) is 7.99. The molecule has 1 unspecified atom stereocenters. The number of aliphatic hydroxyl groups is 2. The molecule has 1 aromatic rings. The van der Waals surface area contributed by atoms with Crippen molar-refractivity contribution in [3.8, 4) is 0 Å². The van der Waals surface area contributed by atoms with Crippen LogP contribution in [0.1, 0.15) is 39.2 Å². The number of ether oxygens (including phenoxy) is 5. The predicted molar refractivity (Wildman–Crippen MR) is 115 cm³/mol. The zero-order chi connectivity index (χ0) is 23.6. The molecule has 5 atom stereocenters.